The van der Waals surface area contributed by atoms with E-state index in [0.717, 1.165) is 0 Å². The molecule has 0 aliphatic carbocycles. The molecule has 3 N–H and O–H groups in total. The topological polar surface area (TPSA) is 140 Å². The van der Waals surface area contributed by atoms with Gasteiger partial charge in [-0.3, -0.25) is 19.7 Å². The maximum atomic E-state index is 12.0. The Labute approximate surface area is 165 Å². The van der Waals surface area contributed by atoms with Crippen LogP contribution in [0.5, 0.6) is 11.5 Å². The zero-order chi connectivity index (χ0) is 21.0. The quantitative estimate of drug-likeness (QED) is 0.381. The number of aliphatic hydroxyl groups excluding tert-OH is 1. The zero-order valence-corrected chi connectivity index (χ0v) is 15.5. The van der Waals surface area contributed by atoms with E-state index in [9.17, 15) is 24.8 Å². The fraction of sp³-hybridized carbons (Fsp3) is 0.263. The minimum absolute atomic E-state index is 0.0705. The number of nitrogens with zero attached hydrogens (tertiary/aromatic N) is 1. The summed E-state index contributed by atoms with van der Waals surface area (Å²) in [7, 11) is 0. The minimum atomic E-state index is -0.903. The molecule has 10 heteroatoms. The van der Waals surface area contributed by atoms with E-state index in [1.54, 1.807) is 25.1 Å². The van der Waals surface area contributed by atoms with Crippen molar-refractivity contribution in [2.75, 3.05) is 18.7 Å². The van der Waals surface area contributed by atoms with Gasteiger partial charge in [0.1, 0.15) is 0 Å². The number of nitro benzene ring substituents is 1. The van der Waals surface area contributed by atoms with Crippen LogP contribution in [-0.4, -0.2) is 35.2 Å². The summed E-state index contributed by atoms with van der Waals surface area (Å²) in [6, 6.07) is 8.96. The largest absolute Gasteiger partial charge is 0.454 e. The van der Waals surface area contributed by atoms with Gasteiger partial charge in [-0.2, -0.15) is 0 Å². The van der Waals surface area contributed by atoms with Gasteiger partial charge in [-0.25, -0.2) is 0 Å². The summed E-state index contributed by atoms with van der Waals surface area (Å²) in [5.74, 6) is -0.629. The Morgan fingerprint density at radius 1 is 1.17 bits per heavy atom. The Kier molecular flexibility index (Phi) is 5.93. The van der Waals surface area contributed by atoms with E-state index in [-0.39, 0.29) is 25.4 Å². The van der Waals surface area contributed by atoms with Gasteiger partial charge in [0, 0.05) is 24.4 Å². The predicted molar refractivity (Wildman–Crippen MR) is 102 cm³/mol. The van der Waals surface area contributed by atoms with Crippen LogP contribution in [0.2, 0.25) is 0 Å². The van der Waals surface area contributed by atoms with Crippen LogP contribution in [0, 0.1) is 17.0 Å². The number of anilines is 1. The summed E-state index contributed by atoms with van der Waals surface area (Å²) < 4.78 is 10.5. The highest BCUT2D eigenvalue weighted by atomic mass is 16.7. The number of nitro groups is 1. The molecule has 0 bridgehead atoms. The lowest BCUT2D eigenvalue weighted by atomic mass is 10.1. The number of non-ortho nitro benzene ring substituents is 1. The maximum absolute atomic E-state index is 12.0. The molecule has 29 heavy (non-hydrogen) atoms. The molecule has 1 aliphatic heterocycles. The van der Waals surface area contributed by atoms with Gasteiger partial charge in [-0.05, 0) is 42.7 Å². The van der Waals surface area contributed by atoms with Crippen LogP contribution in [0.4, 0.5) is 11.4 Å². The summed E-state index contributed by atoms with van der Waals surface area (Å²) in [5, 5.41) is 25.8. The van der Waals surface area contributed by atoms with E-state index >= 15 is 0 Å². The lowest BCUT2D eigenvalue weighted by Gasteiger charge is -2.12. The molecule has 0 radical (unpaired) electrons. The summed E-state index contributed by atoms with van der Waals surface area (Å²) >= 11 is 0. The fourth-order valence-electron chi connectivity index (χ4n) is 2.77. The monoisotopic (exact) mass is 401 g/mol. The number of rotatable bonds is 6. The van der Waals surface area contributed by atoms with Gasteiger partial charge in [0.2, 0.25) is 6.79 Å². The Morgan fingerprint density at radius 3 is 2.66 bits per heavy atom. The van der Waals surface area contributed by atoms with E-state index in [1.807, 2.05) is 0 Å². The Balaban J connectivity index is 1.49. The van der Waals surface area contributed by atoms with Gasteiger partial charge in [0.25, 0.3) is 5.69 Å². The van der Waals surface area contributed by atoms with Gasteiger partial charge in [0.05, 0.1) is 11.0 Å². The predicted octanol–water partition coefficient (Wildman–Crippen LogP) is 1.81. The van der Waals surface area contributed by atoms with Crippen LogP contribution in [0.3, 0.4) is 0 Å². The number of amides is 2. The molecule has 2 aromatic rings. The normalized spacial score (nSPS) is 12.9. The van der Waals surface area contributed by atoms with Gasteiger partial charge >= 0.3 is 11.8 Å². The van der Waals surface area contributed by atoms with Crippen molar-refractivity contribution in [2.24, 2.45) is 0 Å². The third-order valence-corrected chi connectivity index (χ3v) is 4.36. The molecular formula is C19H19N3O7. The van der Waals surface area contributed by atoms with Crippen molar-refractivity contribution >= 4 is 23.2 Å². The average Bonchev–Trinajstić information content (AvgIpc) is 3.16. The second-order valence-corrected chi connectivity index (χ2v) is 6.38. The van der Waals surface area contributed by atoms with Gasteiger partial charge in [-0.1, -0.05) is 6.07 Å². The number of carbonyl (C=O) groups excluding carboxylic acids is 2. The number of carbonyl (C=O) groups is 2. The summed E-state index contributed by atoms with van der Waals surface area (Å²) in [6.07, 6.45) is -0.667. The van der Waals surface area contributed by atoms with Crippen LogP contribution in [-0.2, 0) is 9.59 Å². The molecule has 10 nitrogen and oxygen atoms in total. The van der Waals surface area contributed by atoms with Gasteiger partial charge < -0.3 is 25.2 Å². The molecule has 2 amide bonds. The van der Waals surface area contributed by atoms with Crippen LogP contribution in [0.25, 0.3) is 0 Å². The standard InChI is InChI=1S/C19H19N3O7/c1-11-8-13(22(26)27)3-4-14(11)21-19(25)18(24)20-7-6-15(23)12-2-5-16-17(9-12)29-10-28-16/h2-5,8-9,15,23H,6-7,10H2,1H3,(H,20,24)(H,21,25). The third kappa shape index (κ3) is 4.79. The Bertz CT molecular complexity index is 961. The fourth-order valence-corrected chi connectivity index (χ4v) is 2.77. The van der Waals surface area contributed by atoms with E-state index in [1.165, 1.54) is 18.2 Å². The number of nitrogens with one attached hydrogen (secondary N) is 2. The zero-order valence-electron chi connectivity index (χ0n) is 15.5. The number of fused-ring (bicyclic) bond motifs is 1. The van der Waals surface area contributed by atoms with Crippen molar-refractivity contribution in [3.63, 3.8) is 0 Å². The molecule has 0 aromatic heterocycles. The molecule has 152 valence electrons. The van der Waals surface area contributed by atoms with Crippen molar-refractivity contribution in [1.82, 2.24) is 5.32 Å². The van der Waals surface area contributed by atoms with Crippen molar-refractivity contribution in [2.45, 2.75) is 19.4 Å². The van der Waals surface area contributed by atoms with Crippen LogP contribution in [0.15, 0.2) is 36.4 Å². The highest BCUT2D eigenvalue weighted by molar-refractivity contribution is 6.39. The second kappa shape index (κ2) is 8.57. The molecule has 1 aliphatic rings. The third-order valence-electron chi connectivity index (χ3n) is 4.36. The smallest absolute Gasteiger partial charge is 0.313 e. The number of aliphatic hydroxyl groups is 1. The molecule has 0 spiro atoms. The average molecular weight is 401 g/mol. The first-order valence-electron chi connectivity index (χ1n) is 8.77. The SMILES string of the molecule is Cc1cc([N+](=O)[O-])ccc1NC(=O)C(=O)NCCC(O)c1ccc2c(c1)OCO2. The van der Waals surface area contributed by atoms with Crippen LogP contribution < -0.4 is 20.1 Å². The van der Waals surface area contributed by atoms with Gasteiger partial charge in [-0.15, -0.1) is 0 Å². The molecule has 1 heterocycles. The molecule has 1 unspecified atom stereocenters. The lowest BCUT2D eigenvalue weighted by Crippen LogP contribution is -2.36. The highest BCUT2D eigenvalue weighted by Gasteiger charge is 2.19. The summed E-state index contributed by atoms with van der Waals surface area (Å²) in [5.41, 5.74) is 1.26. The number of benzene rings is 2. The Morgan fingerprint density at radius 2 is 1.93 bits per heavy atom. The molecular weight excluding hydrogens is 382 g/mol. The molecule has 0 saturated carbocycles. The summed E-state index contributed by atoms with van der Waals surface area (Å²) in [4.78, 5) is 34.2. The van der Waals surface area contributed by atoms with Crippen LogP contribution >= 0.6 is 0 Å². The van der Waals surface area contributed by atoms with Crippen molar-refractivity contribution in [1.29, 1.82) is 0 Å². The van der Waals surface area contributed by atoms with E-state index < -0.39 is 22.8 Å². The van der Waals surface area contributed by atoms with E-state index in [2.05, 4.69) is 10.6 Å². The molecule has 3 rings (SSSR count). The van der Waals surface area contributed by atoms with Crippen molar-refractivity contribution in [3.05, 3.63) is 57.6 Å². The number of aryl methyl sites for hydroxylation is 1. The molecule has 0 fully saturated rings. The molecule has 1 atom stereocenters. The Hall–Kier alpha value is -3.66. The second-order valence-electron chi connectivity index (χ2n) is 6.38. The van der Waals surface area contributed by atoms with E-state index in [4.69, 9.17) is 9.47 Å². The van der Waals surface area contributed by atoms with Gasteiger partial charge in [0.15, 0.2) is 11.5 Å². The number of hydrogen-bond acceptors (Lipinski definition) is 7. The first-order chi connectivity index (χ1) is 13.8. The van der Waals surface area contributed by atoms with Crippen molar-refractivity contribution in [3.8, 4) is 11.5 Å². The van der Waals surface area contributed by atoms with E-state index in [0.29, 0.717) is 28.3 Å². The first-order valence-corrected chi connectivity index (χ1v) is 8.77. The molecule has 2 aromatic carbocycles. The maximum Gasteiger partial charge on any atom is 0.313 e. The van der Waals surface area contributed by atoms with Crippen LogP contribution in [0.1, 0.15) is 23.7 Å². The lowest BCUT2D eigenvalue weighted by molar-refractivity contribution is -0.384. The van der Waals surface area contributed by atoms with Crippen molar-refractivity contribution < 1.29 is 29.1 Å². The minimum Gasteiger partial charge on any atom is -0.454 e. The molecule has 0 saturated heterocycles. The summed E-state index contributed by atoms with van der Waals surface area (Å²) in [6.45, 7) is 1.79. The number of ether oxygens (including phenoxy) is 2. The highest BCUT2D eigenvalue weighted by Crippen LogP contribution is 2.34. The first kappa shape index (κ1) is 20.1. The number of hydrogen-bond donors (Lipinski definition) is 3.